The van der Waals surface area contributed by atoms with Crippen LogP contribution in [-0.2, 0) is 5.66 Å². The Balaban J connectivity index is 2.06. The molecule has 1 heterocycles. The molecule has 0 saturated heterocycles. The second-order valence-electron chi connectivity index (χ2n) is 5.22. The Kier molecular flexibility index (Phi) is 3.98. The van der Waals surface area contributed by atoms with Gasteiger partial charge in [0, 0.05) is 5.70 Å². The molecule has 1 atom stereocenters. The Hall–Kier alpha value is -2.50. The summed E-state index contributed by atoms with van der Waals surface area (Å²) in [5, 5.41) is 3.52. The molecule has 2 aromatic rings. The second-order valence-corrected chi connectivity index (χ2v) is 5.63. The zero-order valence-electron chi connectivity index (χ0n) is 12.6. The van der Waals surface area contributed by atoms with Crippen molar-refractivity contribution in [1.82, 2.24) is 5.32 Å². The van der Waals surface area contributed by atoms with Crippen LogP contribution in [0.25, 0.3) is 5.70 Å². The summed E-state index contributed by atoms with van der Waals surface area (Å²) in [6.07, 6.45) is 1.83. The summed E-state index contributed by atoms with van der Waals surface area (Å²) in [5.41, 5.74) is 13.8. The van der Waals surface area contributed by atoms with Crippen LogP contribution in [-0.4, -0.2) is 13.1 Å². The lowest BCUT2D eigenvalue weighted by molar-refractivity contribution is 0.414. The topological polar surface area (TPSA) is 85.7 Å². The smallest absolute Gasteiger partial charge is 0.195 e. The molecule has 118 valence electrons. The number of ether oxygens (including phenoxy) is 1. The summed E-state index contributed by atoms with van der Waals surface area (Å²) >= 11 is 6.20. The van der Waals surface area contributed by atoms with Gasteiger partial charge in [0.25, 0.3) is 0 Å². The third kappa shape index (κ3) is 3.02. The van der Waals surface area contributed by atoms with E-state index in [1.807, 2.05) is 42.5 Å². The normalized spacial score (nSPS) is 20.3. The monoisotopic (exact) mass is 328 g/mol. The minimum absolute atomic E-state index is 0.251. The third-order valence-corrected chi connectivity index (χ3v) is 3.93. The molecule has 0 fully saturated rings. The van der Waals surface area contributed by atoms with Gasteiger partial charge in [-0.2, -0.15) is 0 Å². The molecule has 5 nitrogen and oxygen atoms in total. The zero-order valence-corrected chi connectivity index (χ0v) is 13.3. The van der Waals surface area contributed by atoms with Gasteiger partial charge in [-0.05, 0) is 29.3 Å². The molecule has 1 unspecified atom stereocenters. The Morgan fingerprint density at radius 2 is 1.91 bits per heavy atom. The number of rotatable bonds is 3. The number of nitrogens with two attached hydrogens (primary N) is 2. The number of guanidine groups is 1. The highest BCUT2D eigenvalue weighted by molar-refractivity contribution is 6.32. The van der Waals surface area contributed by atoms with E-state index in [9.17, 15) is 0 Å². The Morgan fingerprint density at radius 3 is 2.57 bits per heavy atom. The SMILES string of the molecule is COc1ccc(C2(N)C=C(c3ccccc3)NC(N)=N2)cc1Cl. The van der Waals surface area contributed by atoms with E-state index >= 15 is 0 Å². The van der Waals surface area contributed by atoms with E-state index in [0.717, 1.165) is 16.8 Å². The molecule has 1 aliphatic rings. The first-order chi connectivity index (χ1) is 11.0. The van der Waals surface area contributed by atoms with Gasteiger partial charge in [0.05, 0.1) is 12.1 Å². The zero-order chi connectivity index (χ0) is 16.4. The van der Waals surface area contributed by atoms with Gasteiger partial charge in [-0.1, -0.05) is 48.0 Å². The van der Waals surface area contributed by atoms with Crippen LogP contribution in [0.2, 0.25) is 5.02 Å². The molecule has 0 spiro atoms. The standard InChI is InChI=1S/C17H17ClN4O/c1-23-15-8-7-12(9-13(15)18)17(20)10-14(21-16(19)22-17)11-5-3-2-4-6-11/h2-10H,20H2,1H3,(H3,19,21,22). The molecule has 0 aromatic heterocycles. The fourth-order valence-corrected chi connectivity index (χ4v) is 2.75. The maximum atomic E-state index is 6.48. The number of nitrogens with one attached hydrogen (secondary N) is 1. The lowest BCUT2D eigenvalue weighted by Crippen LogP contribution is -2.44. The minimum Gasteiger partial charge on any atom is -0.495 e. The van der Waals surface area contributed by atoms with Gasteiger partial charge in [0.1, 0.15) is 5.75 Å². The first-order valence-corrected chi connectivity index (χ1v) is 7.43. The summed E-state index contributed by atoms with van der Waals surface area (Å²) in [6, 6.07) is 15.1. The number of benzene rings is 2. The van der Waals surface area contributed by atoms with Gasteiger partial charge in [-0.3, -0.25) is 5.73 Å². The Bertz CT molecular complexity index is 788. The lowest BCUT2D eigenvalue weighted by Gasteiger charge is -2.29. The van der Waals surface area contributed by atoms with E-state index in [1.165, 1.54) is 0 Å². The molecule has 0 amide bonds. The van der Waals surface area contributed by atoms with Crippen molar-refractivity contribution in [3.8, 4) is 5.75 Å². The Labute approximate surface area is 139 Å². The molecule has 0 bridgehead atoms. The number of hydrogen-bond donors (Lipinski definition) is 3. The number of nitrogens with zero attached hydrogens (tertiary/aromatic N) is 1. The van der Waals surface area contributed by atoms with Gasteiger partial charge < -0.3 is 15.8 Å². The first-order valence-electron chi connectivity index (χ1n) is 7.05. The fourth-order valence-electron chi connectivity index (χ4n) is 2.49. The molecule has 23 heavy (non-hydrogen) atoms. The van der Waals surface area contributed by atoms with E-state index in [1.54, 1.807) is 19.2 Å². The first kappa shape index (κ1) is 15.4. The number of hydrogen-bond acceptors (Lipinski definition) is 5. The molecule has 2 aromatic carbocycles. The molecular formula is C17H17ClN4O. The van der Waals surface area contributed by atoms with Crippen molar-refractivity contribution in [3.05, 3.63) is 70.8 Å². The molecule has 0 saturated carbocycles. The van der Waals surface area contributed by atoms with E-state index in [-0.39, 0.29) is 5.96 Å². The summed E-state index contributed by atoms with van der Waals surface area (Å²) in [4.78, 5) is 4.34. The van der Waals surface area contributed by atoms with Crippen LogP contribution >= 0.6 is 11.6 Å². The molecule has 3 rings (SSSR count). The van der Waals surface area contributed by atoms with Crippen molar-refractivity contribution in [1.29, 1.82) is 0 Å². The van der Waals surface area contributed by atoms with E-state index in [2.05, 4.69) is 10.3 Å². The minimum atomic E-state index is -1.10. The number of methoxy groups -OCH3 is 1. The van der Waals surface area contributed by atoms with Crippen molar-refractivity contribution in [2.75, 3.05) is 7.11 Å². The maximum absolute atomic E-state index is 6.48. The van der Waals surface area contributed by atoms with Crippen molar-refractivity contribution in [2.45, 2.75) is 5.66 Å². The highest BCUT2D eigenvalue weighted by atomic mass is 35.5. The second kappa shape index (κ2) is 5.95. The molecular weight excluding hydrogens is 312 g/mol. The van der Waals surface area contributed by atoms with Gasteiger partial charge in [-0.25, -0.2) is 4.99 Å². The average Bonchev–Trinajstić information content (AvgIpc) is 2.55. The van der Waals surface area contributed by atoms with E-state index < -0.39 is 5.66 Å². The van der Waals surface area contributed by atoms with Crippen molar-refractivity contribution < 1.29 is 4.74 Å². The molecule has 0 aliphatic carbocycles. The summed E-state index contributed by atoms with van der Waals surface area (Å²) in [7, 11) is 1.56. The van der Waals surface area contributed by atoms with Gasteiger partial charge >= 0.3 is 0 Å². The summed E-state index contributed by atoms with van der Waals surface area (Å²) < 4.78 is 5.17. The Morgan fingerprint density at radius 1 is 1.17 bits per heavy atom. The van der Waals surface area contributed by atoms with E-state index in [0.29, 0.717) is 10.8 Å². The van der Waals surface area contributed by atoms with Gasteiger partial charge in [0.2, 0.25) is 0 Å². The lowest BCUT2D eigenvalue weighted by atomic mass is 9.96. The number of halogens is 1. The van der Waals surface area contributed by atoms with Crippen molar-refractivity contribution in [2.24, 2.45) is 16.5 Å². The molecule has 0 radical (unpaired) electrons. The van der Waals surface area contributed by atoms with E-state index in [4.69, 9.17) is 27.8 Å². The van der Waals surface area contributed by atoms with Crippen LogP contribution in [0.5, 0.6) is 5.75 Å². The predicted octanol–water partition coefficient (Wildman–Crippen LogP) is 2.42. The highest BCUT2D eigenvalue weighted by Crippen LogP contribution is 2.33. The molecule has 5 N–H and O–H groups in total. The van der Waals surface area contributed by atoms with Gasteiger partial charge in [0.15, 0.2) is 11.6 Å². The molecule has 6 heteroatoms. The van der Waals surface area contributed by atoms with Gasteiger partial charge in [-0.15, -0.1) is 0 Å². The van der Waals surface area contributed by atoms with Crippen LogP contribution in [0, 0.1) is 0 Å². The van der Waals surface area contributed by atoms with Crippen LogP contribution in [0.3, 0.4) is 0 Å². The fraction of sp³-hybridized carbons (Fsp3) is 0.118. The third-order valence-electron chi connectivity index (χ3n) is 3.63. The molecule has 1 aliphatic heterocycles. The highest BCUT2D eigenvalue weighted by Gasteiger charge is 2.30. The number of aliphatic imine (C=N–C) groups is 1. The largest absolute Gasteiger partial charge is 0.495 e. The van der Waals surface area contributed by atoms with Crippen molar-refractivity contribution >= 4 is 23.3 Å². The summed E-state index contributed by atoms with van der Waals surface area (Å²) in [5.74, 6) is 0.831. The quantitative estimate of drug-likeness (QED) is 0.807. The van der Waals surface area contributed by atoms with Crippen LogP contribution in [0.1, 0.15) is 11.1 Å². The maximum Gasteiger partial charge on any atom is 0.195 e. The average molecular weight is 329 g/mol. The summed E-state index contributed by atoms with van der Waals surface area (Å²) in [6.45, 7) is 0. The van der Waals surface area contributed by atoms with Crippen LogP contribution in [0.4, 0.5) is 0 Å². The van der Waals surface area contributed by atoms with Crippen LogP contribution < -0.4 is 21.5 Å². The van der Waals surface area contributed by atoms with Crippen molar-refractivity contribution in [3.63, 3.8) is 0 Å². The predicted molar refractivity (Wildman–Crippen MR) is 93.0 cm³/mol. The van der Waals surface area contributed by atoms with Crippen LogP contribution in [0.15, 0.2) is 59.6 Å².